The van der Waals surface area contributed by atoms with Crippen LogP contribution in [0, 0.1) is 12.8 Å². The van der Waals surface area contributed by atoms with Crippen LogP contribution in [-0.4, -0.2) is 42.0 Å². The molecule has 29 heavy (non-hydrogen) atoms. The van der Waals surface area contributed by atoms with E-state index in [4.69, 9.17) is 0 Å². The van der Waals surface area contributed by atoms with Gasteiger partial charge in [0.25, 0.3) is 0 Å². The molecule has 0 radical (unpaired) electrons. The van der Waals surface area contributed by atoms with Crippen molar-refractivity contribution in [3.63, 3.8) is 0 Å². The Labute approximate surface area is 178 Å². The van der Waals surface area contributed by atoms with Gasteiger partial charge in [0.15, 0.2) is 0 Å². The van der Waals surface area contributed by atoms with E-state index in [9.17, 15) is 4.79 Å². The lowest BCUT2D eigenvalue weighted by Gasteiger charge is -2.30. The number of benzene rings is 1. The molecule has 1 aromatic heterocycles. The number of hydrogen-bond donors (Lipinski definition) is 1. The second kappa shape index (κ2) is 9.72. The van der Waals surface area contributed by atoms with E-state index < -0.39 is 0 Å². The van der Waals surface area contributed by atoms with Gasteiger partial charge < -0.3 is 10.2 Å². The molecule has 0 bridgehead atoms. The lowest BCUT2D eigenvalue weighted by atomic mass is 9.95. The Kier molecular flexibility index (Phi) is 6.82. The first kappa shape index (κ1) is 20.4. The molecule has 1 amide bonds. The molecule has 0 spiro atoms. The zero-order chi connectivity index (χ0) is 20.1. The summed E-state index contributed by atoms with van der Waals surface area (Å²) in [6, 6.07) is 8.41. The summed E-state index contributed by atoms with van der Waals surface area (Å²) in [5.74, 6) is 0.269. The van der Waals surface area contributed by atoms with Crippen LogP contribution in [0.1, 0.15) is 49.2 Å². The molecule has 0 saturated carbocycles. The van der Waals surface area contributed by atoms with Crippen LogP contribution < -0.4 is 10.2 Å². The fourth-order valence-corrected chi connectivity index (χ4v) is 5.00. The monoisotopic (exact) mass is 412 g/mol. The minimum Gasteiger partial charge on any atom is -0.372 e. The predicted molar refractivity (Wildman–Crippen MR) is 121 cm³/mol. The van der Waals surface area contributed by atoms with E-state index in [-0.39, 0.29) is 11.8 Å². The number of aromatic nitrogens is 1. The number of carbonyl (C=O) groups excluding carboxylic acids is 1. The van der Waals surface area contributed by atoms with Gasteiger partial charge in [-0.1, -0.05) is 12.8 Å². The Morgan fingerprint density at radius 2 is 1.76 bits per heavy atom. The lowest BCUT2D eigenvalue weighted by Crippen LogP contribution is -2.37. The van der Waals surface area contributed by atoms with Gasteiger partial charge in [0.2, 0.25) is 5.91 Å². The van der Waals surface area contributed by atoms with E-state index in [1.165, 1.54) is 31.4 Å². The number of thiazole rings is 1. The highest BCUT2D eigenvalue weighted by molar-refractivity contribution is 7.09. The van der Waals surface area contributed by atoms with Crippen LogP contribution >= 0.6 is 11.3 Å². The molecule has 2 fully saturated rings. The van der Waals surface area contributed by atoms with Crippen LogP contribution in [0.25, 0.3) is 0 Å². The van der Waals surface area contributed by atoms with Gasteiger partial charge in [-0.2, -0.15) is 0 Å². The van der Waals surface area contributed by atoms with Crippen molar-refractivity contribution < 1.29 is 4.79 Å². The van der Waals surface area contributed by atoms with Crippen LogP contribution in [0.2, 0.25) is 0 Å². The molecule has 1 N–H and O–H groups in total. The summed E-state index contributed by atoms with van der Waals surface area (Å²) in [5, 5.41) is 6.40. The largest absolute Gasteiger partial charge is 0.372 e. The van der Waals surface area contributed by atoms with Gasteiger partial charge in [0.05, 0.1) is 10.7 Å². The molecule has 156 valence electrons. The number of aryl methyl sites for hydroxylation is 1. The quantitative estimate of drug-likeness (QED) is 0.774. The maximum atomic E-state index is 12.7. The summed E-state index contributed by atoms with van der Waals surface area (Å²) in [6.07, 6.45) is 7.07. The van der Waals surface area contributed by atoms with Crippen LogP contribution in [0.4, 0.5) is 11.4 Å². The normalized spacial score (nSPS) is 19.1. The van der Waals surface area contributed by atoms with E-state index >= 15 is 0 Å². The highest BCUT2D eigenvalue weighted by Crippen LogP contribution is 2.24. The van der Waals surface area contributed by atoms with Crippen molar-refractivity contribution in [3.05, 3.63) is 40.3 Å². The number of piperidine rings is 1. The minimum absolute atomic E-state index is 0.105. The van der Waals surface area contributed by atoms with Gasteiger partial charge in [0.1, 0.15) is 0 Å². The maximum absolute atomic E-state index is 12.7. The van der Waals surface area contributed by atoms with Gasteiger partial charge in [-0.15, -0.1) is 11.3 Å². The van der Waals surface area contributed by atoms with Crippen LogP contribution in [-0.2, 0) is 11.3 Å². The Morgan fingerprint density at radius 1 is 1.07 bits per heavy atom. The molecular weight excluding hydrogens is 380 g/mol. The molecular formula is C23H32N4OS. The molecule has 3 heterocycles. The highest BCUT2D eigenvalue weighted by Gasteiger charge is 2.25. The molecule has 5 nitrogen and oxygen atoms in total. The average Bonchev–Trinajstić information content (AvgIpc) is 2.97. The maximum Gasteiger partial charge on any atom is 0.227 e. The molecule has 2 aromatic rings. The van der Waals surface area contributed by atoms with Crippen molar-refractivity contribution in [2.45, 2.75) is 52.0 Å². The van der Waals surface area contributed by atoms with Gasteiger partial charge in [-0.3, -0.25) is 9.69 Å². The Hall–Kier alpha value is -1.92. The van der Waals surface area contributed by atoms with Gasteiger partial charge in [0, 0.05) is 42.3 Å². The molecule has 2 aliphatic rings. The molecule has 2 aliphatic heterocycles. The summed E-state index contributed by atoms with van der Waals surface area (Å²) in [4.78, 5) is 22.2. The summed E-state index contributed by atoms with van der Waals surface area (Å²) < 4.78 is 0. The Morgan fingerprint density at radius 3 is 2.38 bits per heavy atom. The number of nitrogens with one attached hydrogen (secondary N) is 1. The highest BCUT2D eigenvalue weighted by atomic mass is 32.1. The second-order valence-corrected chi connectivity index (χ2v) is 9.41. The molecule has 0 aliphatic carbocycles. The van der Waals surface area contributed by atoms with Gasteiger partial charge >= 0.3 is 0 Å². The number of anilines is 2. The average molecular weight is 413 g/mol. The van der Waals surface area contributed by atoms with Crippen molar-refractivity contribution in [3.8, 4) is 0 Å². The van der Waals surface area contributed by atoms with Crippen molar-refractivity contribution >= 4 is 28.6 Å². The zero-order valence-electron chi connectivity index (χ0n) is 17.4. The number of hydrogen-bond acceptors (Lipinski definition) is 5. The number of carbonyl (C=O) groups is 1. The third-order valence-electron chi connectivity index (χ3n) is 6.12. The predicted octanol–water partition coefficient (Wildman–Crippen LogP) is 4.68. The van der Waals surface area contributed by atoms with Crippen LogP contribution in [0.5, 0.6) is 0 Å². The Bertz CT molecular complexity index is 787. The summed E-state index contributed by atoms with van der Waals surface area (Å²) in [6.45, 7) is 7.16. The molecule has 6 heteroatoms. The van der Waals surface area contributed by atoms with E-state index in [2.05, 4.69) is 49.7 Å². The first-order valence-corrected chi connectivity index (χ1v) is 11.8. The number of nitrogens with zero attached hydrogens (tertiary/aromatic N) is 3. The van der Waals surface area contributed by atoms with Crippen molar-refractivity contribution in [1.29, 1.82) is 0 Å². The SMILES string of the molecule is Cc1nc(CN2CCC(C(=O)Nc3ccc(N4CCCCCC4)cc3)CC2)cs1. The number of amides is 1. The smallest absolute Gasteiger partial charge is 0.227 e. The zero-order valence-corrected chi connectivity index (χ0v) is 18.2. The summed E-state index contributed by atoms with van der Waals surface area (Å²) in [5.41, 5.74) is 3.34. The third-order valence-corrected chi connectivity index (χ3v) is 6.94. The minimum atomic E-state index is 0.105. The summed E-state index contributed by atoms with van der Waals surface area (Å²) >= 11 is 1.71. The molecule has 4 rings (SSSR count). The fourth-order valence-electron chi connectivity index (χ4n) is 4.39. The third kappa shape index (κ3) is 5.58. The van der Waals surface area contributed by atoms with E-state index in [0.29, 0.717) is 0 Å². The molecule has 0 atom stereocenters. The van der Waals surface area contributed by atoms with Gasteiger partial charge in [-0.05, 0) is 70.0 Å². The van der Waals surface area contributed by atoms with Gasteiger partial charge in [-0.25, -0.2) is 4.98 Å². The first-order chi connectivity index (χ1) is 14.2. The molecule has 2 saturated heterocycles. The van der Waals surface area contributed by atoms with Crippen molar-refractivity contribution in [2.75, 3.05) is 36.4 Å². The number of rotatable bonds is 5. The fraction of sp³-hybridized carbons (Fsp3) is 0.565. The standard InChI is InChI=1S/C23H32N4OS/c1-18-24-21(17-29-18)16-26-14-10-19(11-15-26)23(28)25-20-6-8-22(9-7-20)27-12-4-2-3-5-13-27/h6-9,17,19H,2-5,10-16H2,1H3,(H,25,28). The molecule has 1 aromatic carbocycles. The lowest BCUT2D eigenvalue weighted by molar-refractivity contribution is -0.121. The summed E-state index contributed by atoms with van der Waals surface area (Å²) in [7, 11) is 0. The molecule has 0 unspecified atom stereocenters. The number of likely N-dealkylation sites (tertiary alicyclic amines) is 1. The topological polar surface area (TPSA) is 48.5 Å². The van der Waals surface area contributed by atoms with E-state index in [1.54, 1.807) is 11.3 Å². The van der Waals surface area contributed by atoms with Crippen LogP contribution in [0.15, 0.2) is 29.6 Å². The second-order valence-electron chi connectivity index (χ2n) is 8.35. The van der Waals surface area contributed by atoms with E-state index in [0.717, 1.165) is 62.0 Å². The van der Waals surface area contributed by atoms with Crippen molar-refractivity contribution in [1.82, 2.24) is 9.88 Å². The van der Waals surface area contributed by atoms with E-state index in [1.807, 2.05) is 6.92 Å². The van der Waals surface area contributed by atoms with Crippen LogP contribution in [0.3, 0.4) is 0 Å². The van der Waals surface area contributed by atoms with Crippen molar-refractivity contribution in [2.24, 2.45) is 5.92 Å². The first-order valence-electron chi connectivity index (χ1n) is 11.0. The Balaban J connectivity index is 1.25.